The number of likely N-dealkylation sites (tertiary alicyclic amines) is 1. The maximum absolute atomic E-state index is 5.56. The van der Waals surface area contributed by atoms with Crippen molar-refractivity contribution in [3.63, 3.8) is 0 Å². The van der Waals surface area contributed by atoms with Crippen LogP contribution in [-0.2, 0) is 13.1 Å². The third kappa shape index (κ3) is 2.38. The van der Waals surface area contributed by atoms with Crippen LogP contribution in [0.25, 0.3) is 0 Å². The molecular formula is C11H19N3S. The summed E-state index contributed by atoms with van der Waals surface area (Å²) in [4.78, 5) is 7.03. The number of nitrogens with two attached hydrogens (primary N) is 1. The standard InChI is InChI=1S/C11H19N3S/c1-11(2)4-3-5-14(11)7-9-8-15-10(6-12)13-9/h8H,3-7,12H2,1-2H3. The van der Waals surface area contributed by atoms with Crippen molar-refractivity contribution in [1.29, 1.82) is 0 Å². The summed E-state index contributed by atoms with van der Waals surface area (Å²) in [6.07, 6.45) is 2.60. The summed E-state index contributed by atoms with van der Waals surface area (Å²) >= 11 is 1.67. The lowest BCUT2D eigenvalue weighted by Gasteiger charge is -2.30. The topological polar surface area (TPSA) is 42.1 Å². The van der Waals surface area contributed by atoms with Crippen molar-refractivity contribution in [1.82, 2.24) is 9.88 Å². The molecule has 1 aromatic heterocycles. The number of hydrogen-bond acceptors (Lipinski definition) is 4. The van der Waals surface area contributed by atoms with Crippen LogP contribution in [-0.4, -0.2) is 22.0 Å². The van der Waals surface area contributed by atoms with Crippen molar-refractivity contribution >= 4 is 11.3 Å². The first kappa shape index (κ1) is 11.0. The van der Waals surface area contributed by atoms with Crippen molar-refractivity contribution < 1.29 is 0 Å². The number of aromatic nitrogens is 1. The average molecular weight is 225 g/mol. The van der Waals surface area contributed by atoms with Crippen LogP contribution in [0.2, 0.25) is 0 Å². The molecule has 0 aromatic carbocycles. The third-order valence-corrected chi connectivity index (χ3v) is 4.12. The molecule has 2 N–H and O–H groups in total. The molecule has 3 nitrogen and oxygen atoms in total. The Labute approximate surface area is 95.3 Å². The first-order valence-electron chi connectivity index (χ1n) is 5.50. The SMILES string of the molecule is CC1(C)CCCN1Cc1csc(CN)n1. The minimum absolute atomic E-state index is 0.340. The molecule has 0 saturated carbocycles. The van der Waals surface area contributed by atoms with Gasteiger partial charge in [0.2, 0.25) is 0 Å². The number of nitrogens with zero attached hydrogens (tertiary/aromatic N) is 2. The molecule has 0 unspecified atom stereocenters. The maximum Gasteiger partial charge on any atom is 0.106 e. The first-order valence-corrected chi connectivity index (χ1v) is 6.38. The Morgan fingerprint density at radius 3 is 2.93 bits per heavy atom. The van der Waals surface area contributed by atoms with Crippen molar-refractivity contribution in [3.05, 3.63) is 16.1 Å². The molecule has 0 spiro atoms. The monoisotopic (exact) mass is 225 g/mol. The molecule has 2 rings (SSSR count). The minimum atomic E-state index is 0.340. The fourth-order valence-corrected chi connectivity index (χ4v) is 2.83. The van der Waals surface area contributed by atoms with Crippen molar-refractivity contribution in [2.45, 2.75) is 45.3 Å². The second-order valence-corrected chi connectivity index (χ2v) is 5.72. The third-order valence-electron chi connectivity index (χ3n) is 3.20. The van der Waals surface area contributed by atoms with E-state index >= 15 is 0 Å². The van der Waals surface area contributed by atoms with Gasteiger partial charge in [-0.15, -0.1) is 11.3 Å². The summed E-state index contributed by atoms with van der Waals surface area (Å²) in [5.41, 5.74) is 7.08. The number of hydrogen-bond donors (Lipinski definition) is 1. The molecule has 1 aromatic rings. The molecule has 84 valence electrons. The Bertz CT molecular complexity index is 332. The molecule has 1 saturated heterocycles. The van der Waals surface area contributed by atoms with Gasteiger partial charge in [0.15, 0.2) is 0 Å². The van der Waals surface area contributed by atoms with E-state index < -0.39 is 0 Å². The van der Waals surface area contributed by atoms with Crippen LogP contribution >= 0.6 is 11.3 Å². The fraction of sp³-hybridized carbons (Fsp3) is 0.727. The van der Waals surface area contributed by atoms with Crippen LogP contribution in [0.5, 0.6) is 0 Å². The minimum Gasteiger partial charge on any atom is -0.325 e. The Morgan fingerprint density at radius 2 is 2.40 bits per heavy atom. The summed E-state index contributed by atoms with van der Waals surface area (Å²) < 4.78 is 0. The van der Waals surface area contributed by atoms with Crippen molar-refractivity contribution in [3.8, 4) is 0 Å². The van der Waals surface area contributed by atoms with E-state index in [0.717, 1.165) is 11.6 Å². The first-order chi connectivity index (χ1) is 7.12. The molecule has 2 heterocycles. The van der Waals surface area contributed by atoms with E-state index in [0.29, 0.717) is 12.1 Å². The van der Waals surface area contributed by atoms with Gasteiger partial charge in [-0.05, 0) is 33.2 Å². The van der Waals surface area contributed by atoms with E-state index in [4.69, 9.17) is 5.73 Å². The molecule has 1 aliphatic rings. The second kappa shape index (κ2) is 4.20. The Balaban J connectivity index is 2.02. The molecule has 0 radical (unpaired) electrons. The van der Waals surface area contributed by atoms with Gasteiger partial charge in [-0.2, -0.15) is 0 Å². The average Bonchev–Trinajstić information content (AvgIpc) is 2.75. The highest BCUT2D eigenvalue weighted by molar-refractivity contribution is 7.09. The van der Waals surface area contributed by atoms with Crippen LogP contribution < -0.4 is 5.73 Å². The van der Waals surface area contributed by atoms with Crippen LogP contribution in [0.4, 0.5) is 0 Å². The van der Waals surface area contributed by atoms with Gasteiger partial charge in [-0.3, -0.25) is 4.90 Å². The predicted octanol–water partition coefficient (Wildman–Crippen LogP) is 1.98. The van der Waals surface area contributed by atoms with E-state index in [9.17, 15) is 0 Å². The van der Waals surface area contributed by atoms with E-state index in [2.05, 4.69) is 29.1 Å². The normalized spacial score (nSPS) is 21.0. The maximum atomic E-state index is 5.56. The Hall–Kier alpha value is -0.450. The summed E-state index contributed by atoms with van der Waals surface area (Å²) in [7, 11) is 0. The fourth-order valence-electron chi connectivity index (χ4n) is 2.17. The van der Waals surface area contributed by atoms with Crippen molar-refractivity contribution in [2.24, 2.45) is 5.73 Å². The molecule has 1 fully saturated rings. The molecule has 0 amide bonds. The molecular weight excluding hydrogens is 206 g/mol. The van der Waals surface area contributed by atoms with Crippen LogP contribution in [0.15, 0.2) is 5.38 Å². The van der Waals surface area contributed by atoms with Gasteiger partial charge in [-0.1, -0.05) is 0 Å². The van der Waals surface area contributed by atoms with Crippen molar-refractivity contribution in [2.75, 3.05) is 6.54 Å². The molecule has 1 aliphatic heterocycles. The van der Waals surface area contributed by atoms with Gasteiger partial charge in [0.1, 0.15) is 5.01 Å². The van der Waals surface area contributed by atoms with E-state index in [1.165, 1.54) is 25.1 Å². The summed E-state index contributed by atoms with van der Waals surface area (Å²) in [5, 5.41) is 3.18. The number of thiazole rings is 1. The zero-order valence-corrected chi connectivity index (χ0v) is 10.3. The predicted molar refractivity (Wildman–Crippen MR) is 63.7 cm³/mol. The number of rotatable bonds is 3. The van der Waals surface area contributed by atoms with Crippen LogP contribution in [0.1, 0.15) is 37.4 Å². The van der Waals surface area contributed by atoms with Gasteiger partial charge in [0.25, 0.3) is 0 Å². The van der Waals surface area contributed by atoms with Gasteiger partial charge in [0, 0.05) is 24.0 Å². The second-order valence-electron chi connectivity index (χ2n) is 4.77. The lowest BCUT2D eigenvalue weighted by molar-refractivity contribution is 0.165. The largest absolute Gasteiger partial charge is 0.325 e. The highest BCUT2D eigenvalue weighted by Gasteiger charge is 2.31. The van der Waals surface area contributed by atoms with Gasteiger partial charge >= 0.3 is 0 Å². The Morgan fingerprint density at radius 1 is 1.60 bits per heavy atom. The zero-order valence-electron chi connectivity index (χ0n) is 9.49. The summed E-state index contributed by atoms with van der Waals surface area (Å²) in [5.74, 6) is 0. The summed E-state index contributed by atoms with van der Waals surface area (Å²) in [6, 6.07) is 0. The van der Waals surface area contributed by atoms with Crippen LogP contribution in [0, 0.1) is 0 Å². The lowest BCUT2D eigenvalue weighted by Crippen LogP contribution is -2.37. The lowest BCUT2D eigenvalue weighted by atomic mass is 10.0. The summed E-state index contributed by atoms with van der Waals surface area (Å²) in [6.45, 7) is 7.37. The van der Waals surface area contributed by atoms with Gasteiger partial charge in [-0.25, -0.2) is 4.98 Å². The van der Waals surface area contributed by atoms with E-state index in [1.54, 1.807) is 11.3 Å². The van der Waals surface area contributed by atoms with E-state index in [-0.39, 0.29) is 0 Å². The molecule has 4 heteroatoms. The highest BCUT2D eigenvalue weighted by atomic mass is 32.1. The molecule has 0 aliphatic carbocycles. The molecule has 0 atom stereocenters. The van der Waals surface area contributed by atoms with Gasteiger partial charge in [0.05, 0.1) is 5.69 Å². The molecule has 0 bridgehead atoms. The quantitative estimate of drug-likeness (QED) is 0.855. The van der Waals surface area contributed by atoms with Crippen LogP contribution in [0.3, 0.4) is 0 Å². The zero-order chi connectivity index (χ0) is 10.9. The highest BCUT2D eigenvalue weighted by Crippen LogP contribution is 2.29. The molecule has 15 heavy (non-hydrogen) atoms. The van der Waals surface area contributed by atoms with E-state index in [1.807, 2.05) is 0 Å². The van der Waals surface area contributed by atoms with Gasteiger partial charge < -0.3 is 5.73 Å². The Kier molecular flexibility index (Phi) is 3.09. The smallest absolute Gasteiger partial charge is 0.106 e.